The van der Waals surface area contributed by atoms with Crippen LogP contribution in [0.25, 0.3) is 0 Å². The summed E-state index contributed by atoms with van der Waals surface area (Å²) in [6.07, 6.45) is 1.30. The van der Waals surface area contributed by atoms with Gasteiger partial charge in [-0.25, -0.2) is 0 Å². The highest BCUT2D eigenvalue weighted by molar-refractivity contribution is 5.80. The average molecular weight is 427 g/mol. The molecular formula is C24H30N2O5. The molecule has 1 heterocycles. The fraction of sp³-hybridized carbons (Fsp3) is 0.417. The molecule has 7 nitrogen and oxygen atoms in total. The Morgan fingerprint density at radius 3 is 2.16 bits per heavy atom. The van der Waals surface area contributed by atoms with Gasteiger partial charge in [-0.3, -0.25) is 9.59 Å². The molecular weight excluding hydrogens is 396 g/mol. The summed E-state index contributed by atoms with van der Waals surface area (Å²) >= 11 is 0. The number of nitrogens with zero attached hydrogens (tertiary/aromatic N) is 2. The number of benzene rings is 2. The van der Waals surface area contributed by atoms with Crippen molar-refractivity contribution in [3.05, 3.63) is 53.6 Å². The minimum atomic E-state index is 0.0708. The molecule has 0 aromatic heterocycles. The van der Waals surface area contributed by atoms with E-state index < -0.39 is 0 Å². The third kappa shape index (κ3) is 5.69. The van der Waals surface area contributed by atoms with Crippen molar-refractivity contribution in [2.24, 2.45) is 0 Å². The molecule has 0 spiro atoms. The number of ether oxygens (including phenoxy) is 3. The topological polar surface area (TPSA) is 68.3 Å². The summed E-state index contributed by atoms with van der Waals surface area (Å²) in [7, 11) is 4.81. The normalized spacial score (nSPS) is 13.6. The molecule has 3 rings (SSSR count). The third-order valence-electron chi connectivity index (χ3n) is 5.57. The highest BCUT2D eigenvalue weighted by Crippen LogP contribution is 2.31. The smallest absolute Gasteiger partial charge is 0.227 e. The molecule has 0 N–H and O–H groups in total. The van der Waals surface area contributed by atoms with Crippen LogP contribution in [0.1, 0.15) is 17.5 Å². The van der Waals surface area contributed by atoms with E-state index in [4.69, 9.17) is 14.2 Å². The van der Waals surface area contributed by atoms with Gasteiger partial charge in [-0.05, 0) is 35.7 Å². The number of rotatable bonds is 8. The molecule has 2 aromatic rings. The molecule has 0 aliphatic carbocycles. The first-order valence-electron chi connectivity index (χ1n) is 10.4. The van der Waals surface area contributed by atoms with Crippen LogP contribution in [-0.4, -0.2) is 69.1 Å². The van der Waals surface area contributed by atoms with Gasteiger partial charge in [0.2, 0.25) is 11.8 Å². The monoisotopic (exact) mass is 426 g/mol. The molecule has 1 saturated heterocycles. The zero-order valence-electron chi connectivity index (χ0n) is 18.4. The summed E-state index contributed by atoms with van der Waals surface area (Å²) < 4.78 is 16.0. The predicted molar refractivity (Wildman–Crippen MR) is 118 cm³/mol. The Hall–Kier alpha value is -3.22. The van der Waals surface area contributed by atoms with E-state index in [2.05, 4.69) is 0 Å². The van der Waals surface area contributed by atoms with Gasteiger partial charge in [-0.15, -0.1) is 0 Å². The van der Waals surface area contributed by atoms with Crippen molar-refractivity contribution < 1.29 is 23.8 Å². The largest absolute Gasteiger partial charge is 0.497 e. The predicted octanol–water partition coefficient (Wildman–Crippen LogP) is 2.56. The van der Waals surface area contributed by atoms with Gasteiger partial charge >= 0.3 is 0 Å². The van der Waals surface area contributed by atoms with E-state index in [0.29, 0.717) is 56.9 Å². The highest BCUT2D eigenvalue weighted by Gasteiger charge is 2.24. The van der Waals surface area contributed by atoms with Crippen LogP contribution in [-0.2, 0) is 22.4 Å². The average Bonchev–Trinajstić information content (AvgIpc) is 2.82. The van der Waals surface area contributed by atoms with Crippen LogP contribution in [0.5, 0.6) is 17.2 Å². The molecule has 1 aliphatic rings. The van der Waals surface area contributed by atoms with Crippen LogP contribution in [0.3, 0.4) is 0 Å². The fourth-order valence-corrected chi connectivity index (χ4v) is 3.82. The summed E-state index contributed by atoms with van der Waals surface area (Å²) in [5.41, 5.74) is 1.87. The lowest BCUT2D eigenvalue weighted by atomic mass is 10.1. The van der Waals surface area contributed by atoms with Crippen LogP contribution in [0.15, 0.2) is 42.5 Å². The second-order valence-corrected chi connectivity index (χ2v) is 7.44. The lowest BCUT2D eigenvalue weighted by molar-refractivity contribution is -0.139. The Morgan fingerprint density at radius 2 is 1.52 bits per heavy atom. The van der Waals surface area contributed by atoms with Crippen molar-refractivity contribution in [2.75, 3.05) is 47.5 Å². The lowest BCUT2D eigenvalue weighted by Gasteiger charge is -2.35. The van der Waals surface area contributed by atoms with Crippen LogP contribution < -0.4 is 14.2 Å². The van der Waals surface area contributed by atoms with Crippen LogP contribution in [0, 0.1) is 0 Å². The van der Waals surface area contributed by atoms with E-state index in [1.165, 1.54) is 0 Å². The van der Waals surface area contributed by atoms with E-state index >= 15 is 0 Å². The molecule has 0 saturated carbocycles. The quantitative estimate of drug-likeness (QED) is 0.649. The lowest BCUT2D eigenvalue weighted by Crippen LogP contribution is -2.51. The Balaban J connectivity index is 1.49. The van der Waals surface area contributed by atoms with Gasteiger partial charge < -0.3 is 24.0 Å². The second kappa shape index (κ2) is 10.7. The second-order valence-electron chi connectivity index (χ2n) is 7.44. The maximum absolute atomic E-state index is 12.7. The minimum Gasteiger partial charge on any atom is -0.497 e. The zero-order valence-corrected chi connectivity index (χ0v) is 18.4. The highest BCUT2D eigenvalue weighted by atomic mass is 16.5. The van der Waals surface area contributed by atoms with Gasteiger partial charge in [0, 0.05) is 32.6 Å². The van der Waals surface area contributed by atoms with Crippen molar-refractivity contribution in [2.45, 2.75) is 19.3 Å². The first-order chi connectivity index (χ1) is 15.0. The Kier molecular flexibility index (Phi) is 7.76. The maximum atomic E-state index is 12.7. The summed E-state index contributed by atoms with van der Waals surface area (Å²) in [4.78, 5) is 29.0. The van der Waals surface area contributed by atoms with Gasteiger partial charge in [-0.1, -0.05) is 24.3 Å². The number of amides is 2. The maximum Gasteiger partial charge on any atom is 0.227 e. The molecule has 1 fully saturated rings. The van der Waals surface area contributed by atoms with E-state index in [0.717, 1.165) is 16.9 Å². The number of methoxy groups -OCH3 is 3. The van der Waals surface area contributed by atoms with Gasteiger partial charge in [0.15, 0.2) is 11.5 Å². The van der Waals surface area contributed by atoms with Crippen LogP contribution in [0.2, 0.25) is 0 Å². The number of carbonyl (C=O) groups excluding carboxylic acids is 2. The number of para-hydroxylation sites is 1. The number of aryl methyl sites for hydroxylation is 1. The molecule has 2 aromatic carbocycles. The SMILES string of the molecule is COc1cccc(CC(=O)N2CCN(C(=O)CCc3cccc(OC)c3OC)CC2)c1. The summed E-state index contributed by atoms with van der Waals surface area (Å²) in [6, 6.07) is 13.2. The van der Waals surface area contributed by atoms with Gasteiger partial charge in [0.25, 0.3) is 0 Å². The fourth-order valence-electron chi connectivity index (χ4n) is 3.82. The molecule has 0 atom stereocenters. The zero-order chi connectivity index (χ0) is 22.2. The number of piperazine rings is 1. The van der Waals surface area contributed by atoms with E-state index in [9.17, 15) is 9.59 Å². The number of hydrogen-bond acceptors (Lipinski definition) is 5. The summed E-state index contributed by atoms with van der Waals surface area (Å²) in [5.74, 6) is 2.24. The molecule has 0 radical (unpaired) electrons. The number of hydrogen-bond donors (Lipinski definition) is 0. The molecule has 1 aliphatic heterocycles. The van der Waals surface area contributed by atoms with Crippen molar-refractivity contribution >= 4 is 11.8 Å². The first kappa shape index (κ1) is 22.5. The molecule has 0 unspecified atom stereocenters. The minimum absolute atomic E-state index is 0.0708. The van der Waals surface area contributed by atoms with E-state index in [1.807, 2.05) is 52.3 Å². The van der Waals surface area contributed by atoms with Gasteiger partial charge in [0.1, 0.15) is 5.75 Å². The van der Waals surface area contributed by atoms with Crippen molar-refractivity contribution in [1.82, 2.24) is 9.80 Å². The van der Waals surface area contributed by atoms with E-state index in [-0.39, 0.29) is 11.8 Å². The Labute approximate surface area is 183 Å². The molecule has 166 valence electrons. The van der Waals surface area contributed by atoms with E-state index in [1.54, 1.807) is 21.3 Å². The molecule has 0 bridgehead atoms. The number of carbonyl (C=O) groups is 2. The molecule has 2 amide bonds. The van der Waals surface area contributed by atoms with Crippen molar-refractivity contribution in [3.63, 3.8) is 0 Å². The van der Waals surface area contributed by atoms with Gasteiger partial charge in [0.05, 0.1) is 27.8 Å². The summed E-state index contributed by atoms with van der Waals surface area (Å²) in [6.45, 7) is 2.21. The van der Waals surface area contributed by atoms with Crippen LogP contribution >= 0.6 is 0 Å². The molecule has 7 heteroatoms. The summed E-state index contributed by atoms with van der Waals surface area (Å²) in [5, 5.41) is 0. The Morgan fingerprint density at radius 1 is 0.839 bits per heavy atom. The van der Waals surface area contributed by atoms with Gasteiger partial charge in [-0.2, -0.15) is 0 Å². The first-order valence-corrected chi connectivity index (χ1v) is 10.4. The molecule has 31 heavy (non-hydrogen) atoms. The van der Waals surface area contributed by atoms with Crippen LogP contribution in [0.4, 0.5) is 0 Å². The van der Waals surface area contributed by atoms with Crippen molar-refractivity contribution in [1.29, 1.82) is 0 Å². The van der Waals surface area contributed by atoms with Crippen molar-refractivity contribution in [3.8, 4) is 17.2 Å². The standard InChI is InChI=1S/C24H30N2O5/c1-29-20-8-4-6-18(16-20)17-23(28)26-14-12-25(13-15-26)22(27)11-10-19-7-5-9-21(30-2)24(19)31-3/h4-9,16H,10-15,17H2,1-3H3. The third-order valence-corrected chi connectivity index (χ3v) is 5.57. The Bertz CT molecular complexity index is 907.